The highest BCUT2D eigenvalue weighted by Gasteiger charge is 2.09. The first-order valence-corrected chi connectivity index (χ1v) is 10.2. The van der Waals surface area contributed by atoms with Gasteiger partial charge in [0.2, 0.25) is 11.8 Å². The minimum atomic E-state index is -0.335. The fourth-order valence-corrected chi connectivity index (χ4v) is 3.26. The first kappa shape index (κ1) is 20.7. The predicted octanol–water partition coefficient (Wildman–Crippen LogP) is 3.14. The highest BCUT2D eigenvalue weighted by Crippen LogP contribution is 2.29. The van der Waals surface area contributed by atoms with Gasteiger partial charge in [0.25, 0.3) is 0 Å². The molecule has 0 atom stereocenters. The molecule has 26 heavy (non-hydrogen) atoms. The van der Waals surface area contributed by atoms with E-state index >= 15 is 0 Å². The Morgan fingerprint density at radius 3 is 2.65 bits per heavy atom. The molecule has 0 bridgehead atoms. The Morgan fingerprint density at radius 1 is 1.15 bits per heavy atom. The van der Waals surface area contributed by atoms with E-state index in [1.807, 2.05) is 0 Å². The molecular weight excluding hydrogens is 437 g/mol. The molecule has 2 rings (SSSR count). The third kappa shape index (κ3) is 6.96. The van der Waals surface area contributed by atoms with Crippen molar-refractivity contribution in [3.8, 4) is 0 Å². The van der Waals surface area contributed by atoms with Crippen LogP contribution in [0, 0.1) is 0 Å². The van der Waals surface area contributed by atoms with Crippen LogP contribution in [0.2, 0.25) is 10.0 Å². The van der Waals surface area contributed by atoms with Crippen molar-refractivity contribution in [3.63, 3.8) is 0 Å². The van der Waals surface area contributed by atoms with Gasteiger partial charge in [-0.05, 0) is 24.4 Å². The average Bonchev–Trinajstić information content (AvgIpc) is 3.10. The van der Waals surface area contributed by atoms with E-state index < -0.39 is 0 Å². The number of carbonyl (C=O) groups is 2. The van der Waals surface area contributed by atoms with Gasteiger partial charge in [-0.15, -0.1) is 23.1 Å². The highest BCUT2D eigenvalue weighted by atomic mass is 35.5. The molecule has 1 aromatic carbocycles. The summed E-state index contributed by atoms with van der Waals surface area (Å²) in [4.78, 5) is 27.3. The zero-order chi connectivity index (χ0) is 18.9. The van der Waals surface area contributed by atoms with Crippen molar-refractivity contribution in [1.82, 2.24) is 15.8 Å². The number of nitrogens with one attached hydrogen (secondary N) is 4. The molecule has 7 nitrogen and oxygen atoms in total. The van der Waals surface area contributed by atoms with Crippen LogP contribution < -0.4 is 21.5 Å². The number of rotatable bonds is 6. The van der Waals surface area contributed by atoms with Crippen LogP contribution in [0.1, 0.15) is 0 Å². The van der Waals surface area contributed by atoms with Crippen molar-refractivity contribution in [2.75, 3.05) is 22.1 Å². The standard InChI is InChI=1S/C14H13Cl2N5O2S3/c15-8-2-1-3-9(12(8)16)18-13(24)21-20-11(23)7-25-6-10(22)19-14-17-4-5-26-14/h1-5H,6-7H2,(H,20,23)(H,17,19,22)(H2,18,21,24). The van der Waals surface area contributed by atoms with E-state index in [0.717, 1.165) is 11.8 Å². The zero-order valence-corrected chi connectivity index (χ0v) is 17.0. The SMILES string of the molecule is O=C(CSCC(=O)Nc1nccs1)NNC(=S)Nc1cccc(Cl)c1Cl. The predicted molar refractivity (Wildman–Crippen MR) is 112 cm³/mol. The van der Waals surface area contributed by atoms with Crippen LogP contribution in [0.5, 0.6) is 0 Å². The summed E-state index contributed by atoms with van der Waals surface area (Å²) in [5.41, 5.74) is 5.49. The first-order valence-electron chi connectivity index (χ1n) is 7.02. The van der Waals surface area contributed by atoms with Crippen molar-refractivity contribution < 1.29 is 9.59 Å². The molecule has 0 saturated carbocycles. The molecule has 0 spiro atoms. The van der Waals surface area contributed by atoms with E-state index in [-0.39, 0.29) is 28.4 Å². The van der Waals surface area contributed by atoms with Gasteiger partial charge in [0, 0.05) is 11.6 Å². The second-order valence-corrected chi connectivity index (χ2v) is 7.68. The fraction of sp³-hybridized carbons (Fsp3) is 0.143. The number of carbonyl (C=O) groups excluding carboxylic acids is 2. The molecule has 0 aliphatic heterocycles. The third-order valence-electron chi connectivity index (χ3n) is 2.66. The summed E-state index contributed by atoms with van der Waals surface area (Å²) in [5, 5.41) is 8.59. The number of hydrogen-bond donors (Lipinski definition) is 4. The molecule has 0 unspecified atom stereocenters. The van der Waals surface area contributed by atoms with Gasteiger partial charge < -0.3 is 10.6 Å². The van der Waals surface area contributed by atoms with Gasteiger partial charge in [-0.3, -0.25) is 20.4 Å². The van der Waals surface area contributed by atoms with Crippen LogP contribution in [0.15, 0.2) is 29.8 Å². The van der Waals surface area contributed by atoms with Crippen LogP contribution in [0.25, 0.3) is 0 Å². The number of hydrogen-bond acceptors (Lipinski definition) is 6. The molecule has 2 amide bonds. The second kappa shape index (κ2) is 10.5. The van der Waals surface area contributed by atoms with Crippen LogP contribution in [0.4, 0.5) is 10.8 Å². The molecule has 0 radical (unpaired) electrons. The smallest absolute Gasteiger partial charge is 0.248 e. The number of anilines is 2. The summed E-state index contributed by atoms with van der Waals surface area (Å²) in [7, 11) is 0. The third-order valence-corrected chi connectivity index (χ3v) is 5.30. The van der Waals surface area contributed by atoms with Crippen LogP contribution in [-0.2, 0) is 9.59 Å². The van der Waals surface area contributed by atoms with Crippen LogP contribution in [0.3, 0.4) is 0 Å². The minimum Gasteiger partial charge on any atom is -0.330 e. The minimum absolute atomic E-state index is 0.0822. The monoisotopic (exact) mass is 449 g/mol. The van der Waals surface area contributed by atoms with Crippen molar-refractivity contribution in [3.05, 3.63) is 39.8 Å². The van der Waals surface area contributed by atoms with E-state index in [9.17, 15) is 9.59 Å². The van der Waals surface area contributed by atoms with Crippen molar-refractivity contribution in [2.24, 2.45) is 0 Å². The number of halogens is 2. The maximum absolute atomic E-state index is 11.7. The normalized spacial score (nSPS) is 10.1. The van der Waals surface area contributed by atoms with Crippen LogP contribution >= 0.6 is 58.5 Å². The van der Waals surface area contributed by atoms with Gasteiger partial charge in [0.15, 0.2) is 10.2 Å². The van der Waals surface area contributed by atoms with Gasteiger partial charge in [-0.1, -0.05) is 29.3 Å². The van der Waals surface area contributed by atoms with E-state index in [1.165, 1.54) is 11.3 Å². The number of thioether (sulfide) groups is 1. The van der Waals surface area contributed by atoms with Crippen molar-refractivity contribution >= 4 is 86.3 Å². The number of benzene rings is 1. The van der Waals surface area contributed by atoms with Gasteiger partial charge >= 0.3 is 0 Å². The van der Waals surface area contributed by atoms with Gasteiger partial charge in [0.05, 0.1) is 27.2 Å². The Balaban J connectivity index is 1.64. The summed E-state index contributed by atoms with van der Waals surface area (Å²) >= 11 is 19.5. The number of hydrazine groups is 1. The Bertz CT molecular complexity index is 789. The molecule has 12 heteroatoms. The van der Waals surface area contributed by atoms with Gasteiger partial charge in [0.1, 0.15) is 0 Å². The number of thiocarbonyl (C=S) groups is 1. The molecule has 1 heterocycles. The molecular formula is C14H13Cl2N5O2S3. The average molecular weight is 450 g/mol. The summed E-state index contributed by atoms with van der Waals surface area (Å²) in [5.74, 6) is -0.344. The number of thiazole rings is 1. The lowest BCUT2D eigenvalue weighted by atomic mass is 10.3. The zero-order valence-electron chi connectivity index (χ0n) is 13.0. The quantitative estimate of drug-likeness (QED) is 0.397. The number of nitrogens with zero attached hydrogens (tertiary/aromatic N) is 1. The van der Waals surface area contributed by atoms with Crippen LogP contribution in [-0.4, -0.2) is 33.4 Å². The van der Waals surface area contributed by atoms with Gasteiger partial charge in [-0.25, -0.2) is 4.98 Å². The van der Waals surface area contributed by atoms with E-state index in [2.05, 4.69) is 26.5 Å². The summed E-state index contributed by atoms with van der Waals surface area (Å²) < 4.78 is 0. The van der Waals surface area contributed by atoms with Crippen molar-refractivity contribution in [1.29, 1.82) is 0 Å². The molecule has 0 fully saturated rings. The summed E-state index contributed by atoms with van der Waals surface area (Å²) in [6, 6.07) is 5.06. The summed E-state index contributed by atoms with van der Waals surface area (Å²) in [6.45, 7) is 0. The number of aromatic nitrogens is 1. The second-order valence-electron chi connectivity index (χ2n) is 4.61. The summed E-state index contributed by atoms with van der Waals surface area (Å²) in [6.07, 6.45) is 1.60. The van der Waals surface area contributed by atoms with Gasteiger partial charge in [-0.2, -0.15) is 0 Å². The Hall–Kier alpha value is -1.59. The molecule has 138 valence electrons. The van der Waals surface area contributed by atoms with E-state index in [0.29, 0.717) is 20.9 Å². The molecule has 0 aliphatic rings. The molecule has 4 N–H and O–H groups in total. The molecule has 2 aromatic rings. The lowest BCUT2D eigenvalue weighted by molar-refractivity contribution is -0.119. The first-order chi connectivity index (χ1) is 12.5. The Labute approximate surface area is 173 Å². The largest absolute Gasteiger partial charge is 0.330 e. The Kier molecular flexibility index (Phi) is 8.39. The molecule has 0 aliphatic carbocycles. The van der Waals surface area contributed by atoms with E-state index in [1.54, 1.807) is 29.8 Å². The molecule has 0 saturated heterocycles. The maximum Gasteiger partial charge on any atom is 0.248 e. The lowest BCUT2D eigenvalue weighted by Crippen LogP contribution is -2.44. The number of amides is 2. The highest BCUT2D eigenvalue weighted by molar-refractivity contribution is 8.00. The fourth-order valence-electron chi connectivity index (χ4n) is 1.59. The van der Waals surface area contributed by atoms with E-state index in [4.69, 9.17) is 35.4 Å². The maximum atomic E-state index is 11.7. The van der Waals surface area contributed by atoms with Crippen molar-refractivity contribution in [2.45, 2.75) is 0 Å². The lowest BCUT2D eigenvalue weighted by Gasteiger charge is -2.13. The Morgan fingerprint density at radius 2 is 1.92 bits per heavy atom. The topological polar surface area (TPSA) is 95.2 Å². The molecule has 1 aromatic heterocycles.